The van der Waals surface area contributed by atoms with Gasteiger partial charge in [-0.2, -0.15) is 4.31 Å². The third-order valence-electron chi connectivity index (χ3n) is 6.24. The molecule has 1 amide bonds. The highest BCUT2D eigenvalue weighted by Crippen LogP contribution is 2.48. The van der Waals surface area contributed by atoms with Crippen molar-refractivity contribution in [3.8, 4) is 0 Å². The highest BCUT2D eigenvalue weighted by Gasteiger charge is 2.53. The first-order valence-corrected chi connectivity index (χ1v) is 11.5. The average Bonchev–Trinajstić information content (AvgIpc) is 3.13. The van der Waals surface area contributed by atoms with Crippen LogP contribution < -0.4 is 5.32 Å². The number of nitrogens with zero attached hydrogens (tertiary/aromatic N) is 3. The Morgan fingerprint density at radius 1 is 1.10 bits per heavy atom. The van der Waals surface area contributed by atoms with Crippen LogP contribution >= 0.6 is 0 Å². The van der Waals surface area contributed by atoms with Gasteiger partial charge in [0.25, 0.3) is 0 Å². The number of hydrogen-bond acceptors (Lipinski definition) is 5. The fourth-order valence-electron chi connectivity index (χ4n) is 4.69. The number of nitrogens with one attached hydrogen (secondary N) is 1. The number of carbonyl (C=O) groups excluding carboxylic acids is 1. The van der Waals surface area contributed by atoms with Gasteiger partial charge >= 0.3 is 0 Å². The number of carbonyl (C=O) groups is 1. The van der Waals surface area contributed by atoms with Crippen LogP contribution in [-0.2, 0) is 21.4 Å². The van der Waals surface area contributed by atoms with Crippen molar-refractivity contribution in [3.05, 3.63) is 54.6 Å². The summed E-state index contributed by atoms with van der Waals surface area (Å²) in [5.41, 5.74) is 0.642. The lowest BCUT2D eigenvalue weighted by Crippen LogP contribution is -2.42. The Labute approximate surface area is 171 Å². The second-order valence-corrected chi connectivity index (χ2v) is 9.98. The van der Waals surface area contributed by atoms with Gasteiger partial charge in [0.15, 0.2) is 0 Å². The first kappa shape index (κ1) is 20.0. The van der Waals surface area contributed by atoms with Gasteiger partial charge in [-0.1, -0.05) is 25.3 Å². The summed E-state index contributed by atoms with van der Waals surface area (Å²) in [6.07, 6.45) is 11.3. The van der Waals surface area contributed by atoms with Gasteiger partial charge in [0.05, 0.1) is 5.92 Å². The minimum Gasteiger partial charge on any atom is -0.352 e. The van der Waals surface area contributed by atoms with Crippen LogP contribution in [0.3, 0.4) is 0 Å². The predicted molar refractivity (Wildman–Crippen MR) is 108 cm³/mol. The summed E-state index contributed by atoms with van der Waals surface area (Å²) in [5.74, 6) is -0.412. The monoisotopic (exact) mass is 414 g/mol. The van der Waals surface area contributed by atoms with Crippen LogP contribution in [0.15, 0.2) is 53.9 Å². The zero-order valence-electron chi connectivity index (χ0n) is 16.3. The second kappa shape index (κ2) is 8.20. The topological polar surface area (TPSA) is 92.3 Å². The number of sulfonamides is 1. The molecule has 1 saturated heterocycles. The average molecular weight is 415 g/mol. The lowest BCUT2D eigenvalue weighted by molar-refractivity contribution is -0.128. The summed E-state index contributed by atoms with van der Waals surface area (Å²) in [5, 5.41) is 3.01. The van der Waals surface area contributed by atoms with Crippen molar-refractivity contribution < 1.29 is 13.2 Å². The first-order valence-electron chi connectivity index (χ1n) is 10.1. The smallest absolute Gasteiger partial charge is 0.244 e. The molecule has 0 aromatic carbocycles. The summed E-state index contributed by atoms with van der Waals surface area (Å²) < 4.78 is 27.8. The van der Waals surface area contributed by atoms with E-state index in [0.29, 0.717) is 13.1 Å². The maximum Gasteiger partial charge on any atom is 0.244 e. The van der Waals surface area contributed by atoms with E-state index in [-0.39, 0.29) is 28.7 Å². The number of hydrogen-bond donors (Lipinski definition) is 1. The Morgan fingerprint density at radius 3 is 2.48 bits per heavy atom. The number of pyridine rings is 2. The molecular weight excluding hydrogens is 388 g/mol. The van der Waals surface area contributed by atoms with Gasteiger partial charge in [0.2, 0.25) is 15.9 Å². The molecule has 0 radical (unpaired) electrons. The van der Waals surface area contributed by atoms with Gasteiger partial charge < -0.3 is 5.32 Å². The Kier molecular flexibility index (Phi) is 5.65. The SMILES string of the molecule is O=C(NCc1cccnc1)C1CN(S(=O)(=O)c2cccnc2)CC12CCCCC2. The molecule has 4 rings (SSSR count). The summed E-state index contributed by atoms with van der Waals surface area (Å²) >= 11 is 0. The molecule has 1 unspecified atom stereocenters. The van der Waals surface area contributed by atoms with Crippen molar-refractivity contribution >= 4 is 15.9 Å². The highest BCUT2D eigenvalue weighted by molar-refractivity contribution is 7.89. The van der Waals surface area contributed by atoms with Crippen molar-refractivity contribution in [2.75, 3.05) is 13.1 Å². The van der Waals surface area contributed by atoms with Crippen molar-refractivity contribution in [1.82, 2.24) is 19.6 Å². The third-order valence-corrected chi connectivity index (χ3v) is 8.04. The second-order valence-electron chi connectivity index (χ2n) is 8.04. The molecule has 1 saturated carbocycles. The first-order chi connectivity index (χ1) is 14.0. The van der Waals surface area contributed by atoms with Gasteiger partial charge in [0.1, 0.15) is 4.90 Å². The Bertz CT molecular complexity index is 944. The zero-order chi connectivity index (χ0) is 20.3. The fourth-order valence-corrected chi connectivity index (χ4v) is 6.21. The van der Waals surface area contributed by atoms with Crippen molar-refractivity contribution in [2.45, 2.75) is 43.5 Å². The van der Waals surface area contributed by atoms with E-state index in [1.807, 2.05) is 12.1 Å². The molecule has 1 N–H and O–H groups in total. The van der Waals surface area contributed by atoms with Crippen molar-refractivity contribution in [3.63, 3.8) is 0 Å². The van der Waals surface area contributed by atoms with E-state index in [2.05, 4.69) is 15.3 Å². The lowest BCUT2D eigenvalue weighted by Gasteiger charge is -2.37. The van der Waals surface area contributed by atoms with E-state index in [1.165, 1.54) is 10.5 Å². The summed E-state index contributed by atoms with van der Waals surface area (Å²) in [7, 11) is -3.67. The summed E-state index contributed by atoms with van der Waals surface area (Å²) in [6, 6.07) is 6.93. The normalized spacial score (nSPS) is 21.9. The zero-order valence-corrected chi connectivity index (χ0v) is 17.1. The molecular formula is C21H26N4O3S. The van der Waals surface area contributed by atoms with Crippen LogP contribution in [-0.4, -0.2) is 41.7 Å². The molecule has 29 heavy (non-hydrogen) atoms. The molecule has 154 valence electrons. The quantitative estimate of drug-likeness (QED) is 0.811. The predicted octanol–water partition coefficient (Wildman–Crippen LogP) is 2.36. The Balaban J connectivity index is 1.55. The van der Waals surface area contributed by atoms with Gasteiger partial charge in [-0.15, -0.1) is 0 Å². The fraction of sp³-hybridized carbons (Fsp3) is 0.476. The molecule has 2 aliphatic rings. The number of rotatable bonds is 5. The van der Waals surface area contributed by atoms with Crippen LogP contribution in [0.5, 0.6) is 0 Å². The third kappa shape index (κ3) is 4.04. The van der Waals surface area contributed by atoms with Crippen molar-refractivity contribution in [1.29, 1.82) is 0 Å². The molecule has 3 heterocycles. The molecule has 1 atom stereocenters. The summed E-state index contributed by atoms with van der Waals surface area (Å²) in [6.45, 7) is 1.01. The van der Waals surface area contributed by atoms with E-state index in [9.17, 15) is 13.2 Å². The molecule has 8 heteroatoms. The van der Waals surface area contributed by atoms with Crippen molar-refractivity contribution in [2.24, 2.45) is 11.3 Å². The minimum absolute atomic E-state index is 0.0698. The molecule has 1 spiro atoms. The minimum atomic E-state index is -3.67. The number of aromatic nitrogens is 2. The van der Waals surface area contributed by atoms with E-state index in [1.54, 1.807) is 30.7 Å². The van der Waals surface area contributed by atoms with Crippen LogP contribution in [0.25, 0.3) is 0 Å². The van der Waals surface area contributed by atoms with Crippen LogP contribution in [0, 0.1) is 11.3 Å². The summed E-state index contributed by atoms with van der Waals surface area (Å²) in [4.78, 5) is 21.3. The Hall–Kier alpha value is -2.32. The van der Waals surface area contributed by atoms with Gasteiger partial charge in [-0.05, 0) is 42.0 Å². The van der Waals surface area contributed by atoms with E-state index in [0.717, 1.165) is 37.7 Å². The standard InChI is InChI=1S/C21H26N4O3S/c26-20(24-13-17-6-4-10-22-12-17)19-15-25(16-21(19)8-2-1-3-9-21)29(27,28)18-7-5-11-23-14-18/h4-7,10-12,14,19H,1-3,8-9,13,15-16H2,(H,24,26). The van der Waals surface area contributed by atoms with E-state index < -0.39 is 10.0 Å². The lowest BCUT2D eigenvalue weighted by atomic mass is 9.67. The van der Waals surface area contributed by atoms with E-state index >= 15 is 0 Å². The molecule has 2 aromatic rings. The van der Waals surface area contributed by atoms with E-state index in [4.69, 9.17) is 0 Å². The molecule has 7 nitrogen and oxygen atoms in total. The van der Waals surface area contributed by atoms with Gasteiger partial charge in [-0.25, -0.2) is 8.42 Å². The molecule has 1 aliphatic carbocycles. The van der Waals surface area contributed by atoms with Gasteiger partial charge in [-0.3, -0.25) is 14.8 Å². The van der Waals surface area contributed by atoms with Crippen LogP contribution in [0.2, 0.25) is 0 Å². The van der Waals surface area contributed by atoms with Crippen LogP contribution in [0.4, 0.5) is 0 Å². The van der Waals surface area contributed by atoms with Gasteiger partial charge in [0, 0.05) is 44.4 Å². The largest absolute Gasteiger partial charge is 0.352 e. The molecule has 1 aliphatic heterocycles. The maximum atomic E-state index is 13.2. The number of amides is 1. The Morgan fingerprint density at radius 2 is 1.83 bits per heavy atom. The molecule has 2 fully saturated rings. The van der Waals surface area contributed by atoms with Crippen LogP contribution in [0.1, 0.15) is 37.7 Å². The molecule has 0 bridgehead atoms. The highest BCUT2D eigenvalue weighted by atomic mass is 32.2. The maximum absolute atomic E-state index is 13.2. The molecule has 2 aromatic heterocycles.